The lowest BCUT2D eigenvalue weighted by molar-refractivity contribution is 0.473. The minimum atomic E-state index is -0.466. The van der Waals surface area contributed by atoms with Gasteiger partial charge in [0.2, 0.25) is 0 Å². The predicted molar refractivity (Wildman–Crippen MR) is 99.9 cm³/mol. The molecule has 26 heavy (non-hydrogen) atoms. The molecule has 0 fully saturated rings. The van der Waals surface area contributed by atoms with Crippen molar-refractivity contribution in [2.24, 2.45) is 12.0 Å². The molecule has 0 saturated heterocycles. The van der Waals surface area contributed by atoms with E-state index in [1.54, 1.807) is 0 Å². The fourth-order valence-electron chi connectivity index (χ4n) is 2.79. The number of halogens is 2. The fourth-order valence-corrected chi connectivity index (χ4v) is 2.79. The molecule has 2 aromatic rings. The monoisotopic (exact) mass is 363 g/mol. The van der Waals surface area contributed by atoms with Crippen LogP contribution in [-0.2, 0) is 20.1 Å². The highest BCUT2D eigenvalue weighted by atomic mass is 19.1. The van der Waals surface area contributed by atoms with Crippen LogP contribution in [0.1, 0.15) is 43.5 Å². The Bertz CT molecular complexity index is 767. The summed E-state index contributed by atoms with van der Waals surface area (Å²) < 4.78 is 29.0. The van der Waals surface area contributed by atoms with Crippen molar-refractivity contribution < 1.29 is 8.78 Å². The first-order valence-corrected chi connectivity index (χ1v) is 8.77. The van der Waals surface area contributed by atoms with Gasteiger partial charge in [-0.25, -0.2) is 13.8 Å². The van der Waals surface area contributed by atoms with Crippen LogP contribution in [0.15, 0.2) is 29.4 Å². The zero-order valence-corrected chi connectivity index (χ0v) is 16.1. The molecule has 0 unspecified atom stereocenters. The average molecular weight is 363 g/mol. The summed E-state index contributed by atoms with van der Waals surface area (Å²) in [6, 6.07) is 3.41. The normalized spacial score (nSPS) is 11.9. The maximum atomic E-state index is 13.8. The van der Waals surface area contributed by atoms with E-state index in [0.29, 0.717) is 25.0 Å². The molecule has 0 saturated carbocycles. The Labute approximate surface area is 153 Å². The Morgan fingerprint density at radius 2 is 2.04 bits per heavy atom. The number of hydrogen-bond acceptors (Lipinski definition) is 2. The standard InChI is InChI=1S/C19H27F2N5/c1-6-22-19(23-10-14-9-16(20)7-8-17(14)21)25(4)11-15-12-26(5)24-18(15)13(2)3/h7-9,12-13H,6,10-11H2,1-5H3,(H,22,23). The minimum Gasteiger partial charge on any atom is -0.357 e. The third-order valence-corrected chi connectivity index (χ3v) is 3.99. The van der Waals surface area contributed by atoms with Crippen molar-refractivity contribution in [3.05, 3.63) is 52.9 Å². The molecule has 1 aromatic heterocycles. The smallest absolute Gasteiger partial charge is 0.194 e. The Kier molecular flexibility index (Phi) is 6.71. The van der Waals surface area contributed by atoms with Gasteiger partial charge < -0.3 is 10.2 Å². The topological polar surface area (TPSA) is 45.5 Å². The van der Waals surface area contributed by atoms with Crippen LogP contribution in [0.2, 0.25) is 0 Å². The average Bonchev–Trinajstić information content (AvgIpc) is 2.94. The summed E-state index contributed by atoms with van der Waals surface area (Å²) in [6.45, 7) is 7.56. The van der Waals surface area contributed by atoms with Gasteiger partial charge in [-0.2, -0.15) is 5.10 Å². The maximum Gasteiger partial charge on any atom is 0.194 e. The van der Waals surface area contributed by atoms with Crippen molar-refractivity contribution >= 4 is 5.96 Å². The van der Waals surface area contributed by atoms with E-state index in [0.717, 1.165) is 23.4 Å². The number of aliphatic imine (C=N–C) groups is 1. The second kappa shape index (κ2) is 8.78. The van der Waals surface area contributed by atoms with Gasteiger partial charge in [0.25, 0.3) is 0 Å². The summed E-state index contributed by atoms with van der Waals surface area (Å²) in [5.74, 6) is 0.0325. The molecule has 7 heteroatoms. The lowest BCUT2D eigenvalue weighted by Gasteiger charge is -2.22. The molecule has 0 amide bonds. The Morgan fingerprint density at radius 3 is 2.69 bits per heavy atom. The van der Waals surface area contributed by atoms with Crippen LogP contribution in [-0.4, -0.2) is 34.2 Å². The number of hydrogen-bond donors (Lipinski definition) is 1. The molecular formula is C19H27F2N5. The Balaban J connectivity index is 2.19. The van der Waals surface area contributed by atoms with Gasteiger partial charge in [0.05, 0.1) is 12.2 Å². The van der Waals surface area contributed by atoms with E-state index in [2.05, 4.69) is 29.3 Å². The summed E-state index contributed by atoms with van der Waals surface area (Å²) in [6.07, 6.45) is 2.00. The zero-order chi connectivity index (χ0) is 19.3. The number of nitrogens with zero attached hydrogens (tertiary/aromatic N) is 4. The van der Waals surface area contributed by atoms with Gasteiger partial charge in [-0.3, -0.25) is 4.68 Å². The van der Waals surface area contributed by atoms with Crippen molar-refractivity contribution in [1.29, 1.82) is 0 Å². The number of aromatic nitrogens is 2. The molecule has 0 radical (unpaired) electrons. The van der Waals surface area contributed by atoms with Crippen molar-refractivity contribution in [3.63, 3.8) is 0 Å². The molecule has 5 nitrogen and oxygen atoms in total. The Morgan fingerprint density at radius 1 is 1.31 bits per heavy atom. The highest BCUT2D eigenvalue weighted by molar-refractivity contribution is 5.79. The second-order valence-electron chi connectivity index (χ2n) is 6.63. The maximum absolute atomic E-state index is 13.8. The molecule has 1 aromatic carbocycles. The van der Waals surface area contributed by atoms with E-state index < -0.39 is 11.6 Å². The number of benzene rings is 1. The molecule has 0 bridgehead atoms. The zero-order valence-electron chi connectivity index (χ0n) is 16.1. The summed E-state index contributed by atoms with van der Waals surface area (Å²) in [5, 5.41) is 7.72. The van der Waals surface area contributed by atoms with Gasteiger partial charge in [0, 0.05) is 44.5 Å². The molecule has 0 aliphatic heterocycles. The Hall–Kier alpha value is -2.44. The van der Waals surface area contributed by atoms with Crippen LogP contribution in [0.4, 0.5) is 8.78 Å². The van der Waals surface area contributed by atoms with Crippen LogP contribution >= 0.6 is 0 Å². The number of nitrogens with one attached hydrogen (secondary N) is 1. The van der Waals surface area contributed by atoms with Gasteiger partial charge in [-0.15, -0.1) is 0 Å². The lowest BCUT2D eigenvalue weighted by Crippen LogP contribution is -2.38. The number of guanidine groups is 1. The molecule has 0 aliphatic rings. The van der Waals surface area contributed by atoms with Crippen molar-refractivity contribution in [3.8, 4) is 0 Å². The lowest BCUT2D eigenvalue weighted by atomic mass is 10.1. The van der Waals surface area contributed by atoms with Crippen LogP contribution in [0.5, 0.6) is 0 Å². The van der Waals surface area contributed by atoms with E-state index in [4.69, 9.17) is 0 Å². The quantitative estimate of drug-likeness (QED) is 0.632. The van der Waals surface area contributed by atoms with Crippen molar-refractivity contribution in [2.45, 2.75) is 39.8 Å². The first-order chi connectivity index (χ1) is 12.3. The van der Waals surface area contributed by atoms with Crippen LogP contribution in [0.25, 0.3) is 0 Å². The third-order valence-electron chi connectivity index (χ3n) is 3.99. The van der Waals surface area contributed by atoms with Gasteiger partial charge in [0.15, 0.2) is 5.96 Å². The fraction of sp³-hybridized carbons (Fsp3) is 0.474. The first kappa shape index (κ1) is 19.9. The second-order valence-corrected chi connectivity index (χ2v) is 6.63. The number of aryl methyl sites for hydroxylation is 1. The van der Waals surface area contributed by atoms with Gasteiger partial charge in [0.1, 0.15) is 11.6 Å². The molecule has 0 aliphatic carbocycles. The van der Waals surface area contributed by atoms with Crippen molar-refractivity contribution in [1.82, 2.24) is 20.0 Å². The SMILES string of the molecule is CCNC(=NCc1cc(F)ccc1F)N(C)Cc1cn(C)nc1C(C)C. The highest BCUT2D eigenvalue weighted by Gasteiger charge is 2.15. The summed E-state index contributed by atoms with van der Waals surface area (Å²) >= 11 is 0. The summed E-state index contributed by atoms with van der Waals surface area (Å²) in [4.78, 5) is 6.42. The van der Waals surface area contributed by atoms with Crippen LogP contribution in [0, 0.1) is 11.6 Å². The van der Waals surface area contributed by atoms with E-state index in [9.17, 15) is 8.78 Å². The molecule has 1 N–H and O–H groups in total. The molecule has 0 spiro atoms. The van der Waals surface area contributed by atoms with E-state index in [1.807, 2.05) is 36.8 Å². The van der Waals surface area contributed by atoms with Crippen LogP contribution < -0.4 is 5.32 Å². The third kappa shape index (κ3) is 5.03. The molecule has 142 valence electrons. The summed E-state index contributed by atoms with van der Waals surface area (Å²) in [7, 11) is 3.82. The van der Waals surface area contributed by atoms with E-state index >= 15 is 0 Å². The first-order valence-electron chi connectivity index (χ1n) is 8.77. The van der Waals surface area contributed by atoms with Gasteiger partial charge in [-0.1, -0.05) is 13.8 Å². The largest absolute Gasteiger partial charge is 0.357 e. The highest BCUT2D eigenvalue weighted by Crippen LogP contribution is 2.19. The predicted octanol–water partition coefficient (Wildman–Crippen LogP) is 3.42. The summed E-state index contributed by atoms with van der Waals surface area (Å²) in [5.41, 5.74) is 2.40. The van der Waals surface area contributed by atoms with E-state index in [-0.39, 0.29) is 12.1 Å². The molecular weight excluding hydrogens is 336 g/mol. The number of rotatable bonds is 6. The molecule has 1 heterocycles. The molecule has 2 rings (SSSR count). The van der Waals surface area contributed by atoms with Gasteiger partial charge >= 0.3 is 0 Å². The molecule has 0 atom stereocenters. The van der Waals surface area contributed by atoms with Crippen molar-refractivity contribution in [2.75, 3.05) is 13.6 Å². The van der Waals surface area contributed by atoms with Gasteiger partial charge in [-0.05, 0) is 31.0 Å². The van der Waals surface area contributed by atoms with E-state index in [1.165, 1.54) is 6.07 Å². The minimum absolute atomic E-state index is 0.0698. The van der Waals surface area contributed by atoms with Crippen LogP contribution in [0.3, 0.4) is 0 Å².